The summed E-state index contributed by atoms with van der Waals surface area (Å²) >= 11 is 1.75. The first kappa shape index (κ1) is 11.1. The molecule has 0 unspecified atom stereocenters. The van der Waals surface area contributed by atoms with Crippen molar-refractivity contribution in [1.82, 2.24) is 9.55 Å². The van der Waals surface area contributed by atoms with Gasteiger partial charge in [-0.3, -0.25) is 4.57 Å². The summed E-state index contributed by atoms with van der Waals surface area (Å²) in [4.78, 5) is 5.66. The Morgan fingerprint density at radius 1 is 1.25 bits per heavy atom. The van der Waals surface area contributed by atoms with Crippen LogP contribution in [-0.2, 0) is 0 Å². The van der Waals surface area contributed by atoms with Crippen LogP contribution in [0, 0.1) is 6.92 Å². The Bertz CT molecular complexity index is 474. The van der Waals surface area contributed by atoms with Crippen LogP contribution in [0.25, 0.3) is 5.69 Å². The molecule has 4 heteroatoms. The summed E-state index contributed by atoms with van der Waals surface area (Å²) in [6.45, 7) is 1.99. The molecular weight excluding hydrogens is 218 g/mol. The van der Waals surface area contributed by atoms with E-state index in [9.17, 15) is 0 Å². The second-order valence-corrected chi connectivity index (χ2v) is 4.40. The lowest BCUT2D eigenvalue weighted by molar-refractivity contribution is 1.05. The van der Waals surface area contributed by atoms with Crippen molar-refractivity contribution in [2.45, 2.75) is 11.8 Å². The maximum absolute atomic E-state index is 4.39. The van der Waals surface area contributed by atoms with Crippen LogP contribution in [0.15, 0.2) is 35.4 Å². The Morgan fingerprint density at radius 3 is 2.50 bits per heavy atom. The molecular formula is C12H15N3S. The molecule has 1 heterocycles. The Kier molecular flexibility index (Phi) is 3.19. The van der Waals surface area contributed by atoms with E-state index in [1.807, 2.05) is 20.2 Å². The van der Waals surface area contributed by atoms with Crippen molar-refractivity contribution in [3.05, 3.63) is 36.2 Å². The van der Waals surface area contributed by atoms with Crippen molar-refractivity contribution in [3.8, 4) is 5.69 Å². The van der Waals surface area contributed by atoms with Gasteiger partial charge in [-0.15, -0.1) is 11.8 Å². The lowest BCUT2D eigenvalue weighted by atomic mass is 10.3. The fraction of sp³-hybridized carbons (Fsp3) is 0.250. The molecule has 2 aromatic rings. The molecule has 0 saturated heterocycles. The first-order valence-electron chi connectivity index (χ1n) is 5.13. The molecule has 0 aliphatic rings. The van der Waals surface area contributed by atoms with Gasteiger partial charge in [-0.2, -0.15) is 0 Å². The Hall–Kier alpha value is -1.42. The summed E-state index contributed by atoms with van der Waals surface area (Å²) < 4.78 is 2.06. The van der Waals surface area contributed by atoms with Gasteiger partial charge in [0.2, 0.25) is 5.95 Å². The normalized spacial score (nSPS) is 10.4. The predicted octanol–water partition coefficient (Wildman–Crippen LogP) is 2.94. The van der Waals surface area contributed by atoms with E-state index >= 15 is 0 Å². The van der Waals surface area contributed by atoms with Crippen LogP contribution in [0.1, 0.15) is 5.69 Å². The fourth-order valence-electron chi connectivity index (χ4n) is 1.61. The van der Waals surface area contributed by atoms with Crippen molar-refractivity contribution >= 4 is 17.7 Å². The molecule has 84 valence electrons. The molecule has 3 nitrogen and oxygen atoms in total. The van der Waals surface area contributed by atoms with Gasteiger partial charge in [-0.05, 0) is 37.4 Å². The highest BCUT2D eigenvalue weighted by Gasteiger charge is 2.05. The third kappa shape index (κ3) is 2.07. The molecule has 0 bridgehead atoms. The van der Waals surface area contributed by atoms with E-state index in [1.165, 1.54) is 4.90 Å². The molecule has 2 rings (SSSR count). The number of benzene rings is 1. The van der Waals surface area contributed by atoms with Crippen LogP contribution < -0.4 is 5.32 Å². The van der Waals surface area contributed by atoms with Gasteiger partial charge in [0.25, 0.3) is 0 Å². The van der Waals surface area contributed by atoms with E-state index in [1.54, 1.807) is 11.8 Å². The van der Waals surface area contributed by atoms with Crippen LogP contribution in [0.3, 0.4) is 0 Å². The molecule has 0 aliphatic heterocycles. The summed E-state index contributed by atoms with van der Waals surface area (Å²) in [7, 11) is 1.88. The lowest BCUT2D eigenvalue weighted by Crippen LogP contribution is -2.00. The number of hydrogen-bond donors (Lipinski definition) is 1. The standard InChI is InChI=1S/C12H15N3S/c1-9-8-15(12(13-2)14-9)10-4-6-11(16-3)7-5-10/h4-8H,1-3H3,(H,13,14). The number of thioether (sulfide) groups is 1. The van der Waals surface area contributed by atoms with Gasteiger partial charge in [-0.25, -0.2) is 4.98 Å². The van der Waals surface area contributed by atoms with E-state index in [0.717, 1.165) is 17.3 Å². The van der Waals surface area contributed by atoms with Gasteiger partial charge in [0.05, 0.1) is 5.69 Å². The summed E-state index contributed by atoms with van der Waals surface area (Å²) in [5.41, 5.74) is 2.14. The Labute approximate surface area is 99.9 Å². The molecule has 0 atom stereocenters. The zero-order valence-electron chi connectivity index (χ0n) is 9.69. The van der Waals surface area contributed by atoms with Gasteiger partial charge in [-0.1, -0.05) is 0 Å². The quantitative estimate of drug-likeness (QED) is 0.827. The van der Waals surface area contributed by atoms with E-state index in [4.69, 9.17) is 0 Å². The number of rotatable bonds is 3. The predicted molar refractivity (Wildman–Crippen MR) is 69.6 cm³/mol. The number of imidazole rings is 1. The Morgan fingerprint density at radius 2 is 1.94 bits per heavy atom. The first-order chi connectivity index (χ1) is 7.74. The minimum Gasteiger partial charge on any atom is -0.358 e. The average molecular weight is 233 g/mol. The summed E-state index contributed by atoms with van der Waals surface area (Å²) in [6, 6.07) is 8.45. The van der Waals surface area contributed by atoms with Crippen LogP contribution in [0.5, 0.6) is 0 Å². The summed E-state index contributed by atoms with van der Waals surface area (Å²) in [5.74, 6) is 0.870. The zero-order valence-corrected chi connectivity index (χ0v) is 10.5. The molecule has 16 heavy (non-hydrogen) atoms. The van der Waals surface area contributed by atoms with Gasteiger partial charge in [0, 0.05) is 23.8 Å². The van der Waals surface area contributed by atoms with E-state index in [2.05, 4.69) is 45.4 Å². The highest BCUT2D eigenvalue weighted by molar-refractivity contribution is 7.98. The number of hydrogen-bond acceptors (Lipinski definition) is 3. The molecule has 0 aliphatic carbocycles. The topological polar surface area (TPSA) is 29.9 Å². The van der Waals surface area contributed by atoms with Crippen LogP contribution in [0.4, 0.5) is 5.95 Å². The van der Waals surface area contributed by atoms with Gasteiger partial charge in [0.1, 0.15) is 0 Å². The van der Waals surface area contributed by atoms with Gasteiger partial charge < -0.3 is 5.32 Å². The molecule has 0 amide bonds. The number of nitrogens with one attached hydrogen (secondary N) is 1. The van der Waals surface area contributed by atoms with E-state index in [-0.39, 0.29) is 0 Å². The molecule has 1 N–H and O–H groups in total. The van der Waals surface area contributed by atoms with Crippen molar-refractivity contribution < 1.29 is 0 Å². The highest BCUT2D eigenvalue weighted by Crippen LogP contribution is 2.20. The van der Waals surface area contributed by atoms with Crippen LogP contribution in [-0.4, -0.2) is 22.9 Å². The van der Waals surface area contributed by atoms with E-state index in [0.29, 0.717) is 0 Å². The summed E-state index contributed by atoms with van der Waals surface area (Å²) in [5, 5.41) is 3.09. The molecule has 0 radical (unpaired) electrons. The van der Waals surface area contributed by atoms with Gasteiger partial charge in [0.15, 0.2) is 0 Å². The highest BCUT2D eigenvalue weighted by atomic mass is 32.2. The van der Waals surface area contributed by atoms with Gasteiger partial charge >= 0.3 is 0 Å². The number of nitrogens with zero attached hydrogens (tertiary/aromatic N) is 2. The third-order valence-corrected chi connectivity index (χ3v) is 3.14. The molecule has 0 fully saturated rings. The maximum Gasteiger partial charge on any atom is 0.207 e. The lowest BCUT2D eigenvalue weighted by Gasteiger charge is -2.07. The minimum atomic E-state index is 0.870. The zero-order chi connectivity index (χ0) is 11.5. The fourth-order valence-corrected chi connectivity index (χ4v) is 2.02. The SMILES string of the molecule is CNc1nc(C)cn1-c1ccc(SC)cc1. The average Bonchev–Trinajstić information content (AvgIpc) is 2.70. The number of aromatic nitrogens is 2. The van der Waals surface area contributed by atoms with Crippen molar-refractivity contribution in [3.63, 3.8) is 0 Å². The maximum atomic E-state index is 4.39. The Balaban J connectivity index is 2.41. The first-order valence-corrected chi connectivity index (χ1v) is 6.35. The van der Waals surface area contributed by atoms with Crippen LogP contribution >= 0.6 is 11.8 Å². The monoisotopic (exact) mass is 233 g/mol. The molecule has 0 spiro atoms. The second-order valence-electron chi connectivity index (χ2n) is 3.52. The number of anilines is 1. The molecule has 1 aromatic carbocycles. The van der Waals surface area contributed by atoms with Crippen molar-refractivity contribution in [1.29, 1.82) is 0 Å². The molecule has 0 saturated carbocycles. The largest absolute Gasteiger partial charge is 0.358 e. The van der Waals surface area contributed by atoms with E-state index < -0.39 is 0 Å². The second kappa shape index (κ2) is 4.61. The number of aryl methyl sites for hydroxylation is 1. The third-order valence-electron chi connectivity index (χ3n) is 2.40. The van der Waals surface area contributed by atoms with Crippen molar-refractivity contribution in [2.24, 2.45) is 0 Å². The van der Waals surface area contributed by atoms with Crippen molar-refractivity contribution in [2.75, 3.05) is 18.6 Å². The summed E-state index contributed by atoms with van der Waals surface area (Å²) in [6.07, 6.45) is 4.11. The minimum absolute atomic E-state index is 0.870. The van der Waals surface area contributed by atoms with Crippen LogP contribution in [0.2, 0.25) is 0 Å². The molecule has 1 aromatic heterocycles. The smallest absolute Gasteiger partial charge is 0.207 e.